The quantitative estimate of drug-likeness (QED) is 0.494. The number of nitrogens with zero attached hydrogens (tertiary/aromatic N) is 3. The van der Waals surface area contributed by atoms with Crippen molar-refractivity contribution in [2.24, 2.45) is 11.8 Å². The van der Waals surface area contributed by atoms with Crippen molar-refractivity contribution in [3.8, 4) is 0 Å². The Kier molecular flexibility index (Phi) is 9.41. The van der Waals surface area contributed by atoms with E-state index in [9.17, 15) is 19.2 Å². The maximum absolute atomic E-state index is 12.7. The molecule has 1 saturated heterocycles. The third-order valence-corrected chi connectivity index (χ3v) is 6.34. The van der Waals surface area contributed by atoms with Gasteiger partial charge in [-0.2, -0.15) is 0 Å². The third-order valence-electron chi connectivity index (χ3n) is 5.54. The number of anilines is 1. The summed E-state index contributed by atoms with van der Waals surface area (Å²) in [5, 5.41) is 4.82. The average Bonchev–Trinajstić information content (AvgIpc) is 3.50. The maximum atomic E-state index is 12.7. The second kappa shape index (κ2) is 12.5. The molecule has 0 atom stereocenters. The van der Waals surface area contributed by atoms with Crippen LogP contribution in [0.25, 0.3) is 0 Å². The van der Waals surface area contributed by atoms with E-state index >= 15 is 0 Å². The highest BCUT2D eigenvalue weighted by molar-refractivity contribution is 7.13. The largest absolute Gasteiger partial charge is 0.466 e. The van der Waals surface area contributed by atoms with Gasteiger partial charge in [0, 0.05) is 25.0 Å². The topological polar surface area (TPSA) is 122 Å². The van der Waals surface area contributed by atoms with Crippen LogP contribution < -0.4 is 5.32 Å². The number of carbonyl (C=O) groups excluding carboxylic acids is 4. The molecule has 3 amide bonds. The Labute approximate surface area is 208 Å². The summed E-state index contributed by atoms with van der Waals surface area (Å²) in [6.07, 6.45) is 2.72. The molecule has 1 fully saturated rings. The van der Waals surface area contributed by atoms with Gasteiger partial charge in [-0.3, -0.25) is 19.2 Å². The molecular formula is C24H32N4O6S. The number of amides is 3. The lowest BCUT2D eigenvalue weighted by atomic mass is 9.97. The number of likely N-dealkylation sites (tertiary alicyclic amines) is 1. The monoisotopic (exact) mass is 504 g/mol. The van der Waals surface area contributed by atoms with Crippen LogP contribution in [0.15, 0.2) is 28.2 Å². The minimum absolute atomic E-state index is 0.0670. The number of ether oxygens (including phenoxy) is 1. The SMILES string of the molecule is CCOC(=O)C1CCN(C(=O)Cc2csc(NC(=O)CN(CC(C)C)C(=O)c3ccco3)n2)CC1. The first-order valence-electron chi connectivity index (χ1n) is 11.8. The normalized spacial score (nSPS) is 14.1. The van der Waals surface area contributed by atoms with Crippen LogP contribution in [0.4, 0.5) is 5.13 Å². The number of thiazole rings is 1. The van der Waals surface area contributed by atoms with Crippen LogP contribution in [-0.4, -0.2) is 71.3 Å². The lowest BCUT2D eigenvalue weighted by Crippen LogP contribution is -2.41. The van der Waals surface area contributed by atoms with E-state index in [2.05, 4.69) is 10.3 Å². The highest BCUT2D eigenvalue weighted by Gasteiger charge is 2.28. The van der Waals surface area contributed by atoms with Gasteiger partial charge < -0.3 is 24.3 Å². The van der Waals surface area contributed by atoms with Gasteiger partial charge in [0.1, 0.15) is 6.54 Å². The maximum Gasteiger partial charge on any atom is 0.309 e. The second-order valence-corrected chi connectivity index (χ2v) is 9.69. The van der Waals surface area contributed by atoms with E-state index < -0.39 is 0 Å². The molecule has 1 aliphatic heterocycles. The van der Waals surface area contributed by atoms with Gasteiger partial charge in [0.2, 0.25) is 11.8 Å². The summed E-state index contributed by atoms with van der Waals surface area (Å²) in [5.41, 5.74) is 0.563. The summed E-state index contributed by atoms with van der Waals surface area (Å²) < 4.78 is 10.3. The molecule has 0 bridgehead atoms. The van der Waals surface area contributed by atoms with Crippen LogP contribution in [0.3, 0.4) is 0 Å². The van der Waals surface area contributed by atoms with E-state index in [4.69, 9.17) is 9.15 Å². The van der Waals surface area contributed by atoms with Crippen LogP contribution >= 0.6 is 11.3 Å². The van der Waals surface area contributed by atoms with E-state index in [0.717, 1.165) is 0 Å². The molecule has 2 aromatic rings. The summed E-state index contributed by atoms with van der Waals surface area (Å²) in [7, 11) is 0. The lowest BCUT2D eigenvalue weighted by Gasteiger charge is -2.30. The molecule has 2 aromatic heterocycles. The molecule has 1 aliphatic rings. The first kappa shape index (κ1) is 26.4. The fourth-order valence-corrected chi connectivity index (χ4v) is 4.61. The standard InChI is InChI=1S/C24H32N4O6S/c1-4-33-23(32)17-7-9-27(10-8-17)21(30)12-18-15-35-24(25-18)26-20(29)14-28(13-16(2)3)22(31)19-6-5-11-34-19/h5-6,11,15-17H,4,7-10,12-14H2,1-3H3,(H,25,26,29). The number of carbonyl (C=O) groups is 4. The molecule has 0 saturated carbocycles. The number of piperidine rings is 1. The average molecular weight is 505 g/mol. The molecule has 3 heterocycles. The summed E-state index contributed by atoms with van der Waals surface area (Å²) in [5.74, 6) is -0.800. The Morgan fingerprint density at radius 3 is 2.66 bits per heavy atom. The molecular weight excluding hydrogens is 472 g/mol. The van der Waals surface area contributed by atoms with E-state index in [1.165, 1.54) is 22.5 Å². The fourth-order valence-electron chi connectivity index (χ4n) is 3.89. The van der Waals surface area contributed by atoms with Crippen molar-refractivity contribution in [3.63, 3.8) is 0 Å². The van der Waals surface area contributed by atoms with Crippen molar-refractivity contribution in [1.29, 1.82) is 0 Å². The van der Waals surface area contributed by atoms with E-state index in [1.54, 1.807) is 29.3 Å². The lowest BCUT2D eigenvalue weighted by molar-refractivity contribution is -0.151. The summed E-state index contributed by atoms with van der Waals surface area (Å²) >= 11 is 1.23. The van der Waals surface area contributed by atoms with Crippen molar-refractivity contribution in [1.82, 2.24) is 14.8 Å². The Balaban J connectivity index is 1.50. The van der Waals surface area contributed by atoms with Crippen molar-refractivity contribution >= 4 is 40.2 Å². The minimum Gasteiger partial charge on any atom is -0.466 e. The predicted molar refractivity (Wildman–Crippen MR) is 130 cm³/mol. The molecule has 10 nitrogen and oxygen atoms in total. The summed E-state index contributed by atoms with van der Waals surface area (Å²) in [6, 6.07) is 3.19. The second-order valence-electron chi connectivity index (χ2n) is 8.83. The van der Waals surface area contributed by atoms with Crippen molar-refractivity contribution < 1.29 is 28.3 Å². The zero-order chi connectivity index (χ0) is 25.4. The van der Waals surface area contributed by atoms with Crippen molar-refractivity contribution in [2.45, 2.75) is 40.0 Å². The van der Waals surface area contributed by atoms with Gasteiger partial charge in [-0.25, -0.2) is 4.98 Å². The van der Waals surface area contributed by atoms with Crippen LogP contribution in [0, 0.1) is 11.8 Å². The van der Waals surface area contributed by atoms with E-state index in [1.807, 2.05) is 13.8 Å². The Hall–Kier alpha value is -3.21. The summed E-state index contributed by atoms with van der Waals surface area (Å²) in [4.78, 5) is 57.4. The van der Waals surface area contributed by atoms with Gasteiger partial charge in [0.15, 0.2) is 10.9 Å². The van der Waals surface area contributed by atoms with E-state index in [0.29, 0.717) is 49.9 Å². The molecule has 190 valence electrons. The first-order chi connectivity index (χ1) is 16.8. The molecule has 0 spiro atoms. The van der Waals surface area contributed by atoms with Gasteiger partial charge in [0.25, 0.3) is 5.91 Å². The molecule has 11 heteroatoms. The van der Waals surface area contributed by atoms with Gasteiger partial charge in [-0.1, -0.05) is 13.8 Å². The highest BCUT2D eigenvalue weighted by atomic mass is 32.1. The Bertz CT molecular complexity index is 1010. The zero-order valence-electron chi connectivity index (χ0n) is 20.3. The van der Waals surface area contributed by atoms with Crippen LogP contribution in [-0.2, 0) is 25.5 Å². The molecule has 1 N–H and O–H groups in total. The van der Waals surface area contributed by atoms with Crippen molar-refractivity contribution in [3.05, 3.63) is 35.2 Å². The minimum atomic E-state index is -0.376. The number of nitrogens with one attached hydrogen (secondary N) is 1. The van der Waals surface area contributed by atoms with Gasteiger partial charge in [-0.05, 0) is 37.8 Å². The van der Waals surface area contributed by atoms with Gasteiger partial charge >= 0.3 is 5.97 Å². The highest BCUT2D eigenvalue weighted by Crippen LogP contribution is 2.21. The van der Waals surface area contributed by atoms with Crippen LogP contribution in [0.5, 0.6) is 0 Å². The molecule has 3 rings (SSSR count). The summed E-state index contributed by atoms with van der Waals surface area (Å²) in [6.45, 7) is 7.34. The molecule has 0 aliphatic carbocycles. The first-order valence-corrected chi connectivity index (χ1v) is 12.7. The van der Waals surface area contributed by atoms with Crippen molar-refractivity contribution in [2.75, 3.05) is 38.1 Å². The Morgan fingerprint density at radius 1 is 1.29 bits per heavy atom. The molecule has 35 heavy (non-hydrogen) atoms. The van der Waals surface area contributed by atoms with E-state index in [-0.39, 0.29) is 54.3 Å². The number of hydrogen-bond acceptors (Lipinski definition) is 8. The number of furan rings is 1. The number of aromatic nitrogens is 1. The third kappa shape index (κ3) is 7.64. The zero-order valence-corrected chi connectivity index (χ0v) is 21.1. The van der Waals surface area contributed by atoms with Crippen LogP contribution in [0.1, 0.15) is 49.9 Å². The molecule has 0 aromatic carbocycles. The molecule has 0 unspecified atom stereocenters. The Morgan fingerprint density at radius 2 is 2.03 bits per heavy atom. The number of hydrogen-bond donors (Lipinski definition) is 1. The fraction of sp³-hybridized carbons (Fsp3) is 0.542. The smallest absolute Gasteiger partial charge is 0.309 e. The predicted octanol–water partition coefficient (Wildman–Crippen LogP) is 2.82. The van der Waals surface area contributed by atoms with Gasteiger partial charge in [-0.15, -0.1) is 11.3 Å². The number of rotatable bonds is 10. The van der Waals surface area contributed by atoms with Crippen LogP contribution in [0.2, 0.25) is 0 Å². The molecule has 0 radical (unpaired) electrons. The van der Waals surface area contributed by atoms with Gasteiger partial charge in [0.05, 0.1) is 30.9 Å². The number of esters is 1.